The van der Waals surface area contributed by atoms with Gasteiger partial charge in [-0.15, -0.1) is 0 Å². The number of nitrogens with two attached hydrogens (primary N) is 2. The number of hydrogen-bond donors (Lipinski definition) is 2. The molecule has 2 aromatic rings. The molecule has 104 valence electrons. The number of benzene rings is 2. The summed E-state index contributed by atoms with van der Waals surface area (Å²) in [5.41, 5.74) is 17.7. The molecule has 0 radical (unpaired) electrons. The van der Waals surface area contributed by atoms with Gasteiger partial charge in [0, 0.05) is 16.8 Å². The summed E-state index contributed by atoms with van der Waals surface area (Å²) in [7, 11) is 0. The van der Waals surface area contributed by atoms with Gasteiger partial charge in [0.1, 0.15) is 0 Å². The van der Waals surface area contributed by atoms with E-state index >= 15 is 0 Å². The van der Waals surface area contributed by atoms with E-state index in [2.05, 4.69) is 45.0 Å². The van der Waals surface area contributed by atoms with E-state index in [4.69, 9.17) is 11.5 Å². The van der Waals surface area contributed by atoms with Crippen LogP contribution in [0.1, 0.15) is 43.9 Å². The summed E-state index contributed by atoms with van der Waals surface area (Å²) < 4.78 is 0. The Bertz CT molecular complexity index is 656. The molecule has 4 N–H and O–H groups in total. The summed E-state index contributed by atoms with van der Waals surface area (Å²) in [5, 5.41) is 0. The fourth-order valence-corrected chi connectivity index (χ4v) is 3.79. The van der Waals surface area contributed by atoms with Crippen LogP contribution in [0.4, 0.5) is 11.4 Å². The Morgan fingerprint density at radius 1 is 0.800 bits per heavy atom. The highest BCUT2D eigenvalue weighted by Gasteiger charge is 2.45. The molecule has 0 bridgehead atoms. The molecule has 20 heavy (non-hydrogen) atoms. The van der Waals surface area contributed by atoms with Crippen molar-refractivity contribution >= 4 is 11.4 Å². The average molecular weight is 266 g/mol. The van der Waals surface area contributed by atoms with Crippen molar-refractivity contribution in [3.05, 3.63) is 59.2 Å². The molecule has 1 aliphatic carbocycles. The Hall–Kier alpha value is -1.96. The first-order valence-electron chi connectivity index (χ1n) is 7.09. The normalized spacial score (nSPS) is 23.6. The van der Waals surface area contributed by atoms with Crippen molar-refractivity contribution in [3.8, 4) is 0 Å². The number of fused-ring (bicyclic) bond motifs is 1. The van der Waals surface area contributed by atoms with Gasteiger partial charge in [-0.1, -0.05) is 39.0 Å². The van der Waals surface area contributed by atoms with Crippen LogP contribution in [0.2, 0.25) is 0 Å². The minimum absolute atomic E-state index is 0.00190. The number of hydrogen-bond acceptors (Lipinski definition) is 2. The second-order valence-electron chi connectivity index (χ2n) is 6.82. The maximum atomic E-state index is 6.02. The van der Waals surface area contributed by atoms with Crippen LogP contribution in [0.25, 0.3) is 0 Å². The van der Waals surface area contributed by atoms with Crippen LogP contribution in [0.5, 0.6) is 0 Å². The third kappa shape index (κ3) is 1.79. The molecule has 0 spiro atoms. The molecule has 1 unspecified atom stereocenters. The molecule has 0 aliphatic heterocycles. The minimum atomic E-state index is 0.00190. The zero-order valence-corrected chi connectivity index (χ0v) is 12.4. The Labute approximate surface area is 120 Å². The molecule has 1 aliphatic rings. The van der Waals surface area contributed by atoms with E-state index in [-0.39, 0.29) is 10.8 Å². The molecule has 0 saturated heterocycles. The van der Waals surface area contributed by atoms with Gasteiger partial charge in [0.05, 0.1) is 0 Å². The molecule has 0 saturated carbocycles. The van der Waals surface area contributed by atoms with Crippen molar-refractivity contribution in [2.45, 2.75) is 38.0 Å². The summed E-state index contributed by atoms with van der Waals surface area (Å²) in [6.45, 7) is 6.93. The monoisotopic (exact) mass is 266 g/mol. The van der Waals surface area contributed by atoms with Crippen molar-refractivity contribution in [1.82, 2.24) is 0 Å². The van der Waals surface area contributed by atoms with Gasteiger partial charge >= 0.3 is 0 Å². The van der Waals surface area contributed by atoms with Gasteiger partial charge in [-0.05, 0) is 52.8 Å². The van der Waals surface area contributed by atoms with Crippen LogP contribution in [-0.4, -0.2) is 0 Å². The summed E-state index contributed by atoms with van der Waals surface area (Å²) in [6, 6.07) is 14.6. The lowest BCUT2D eigenvalue weighted by Crippen LogP contribution is -2.23. The number of nitrogen functional groups attached to an aromatic ring is 2. The zero-order valence-electron chi connectivity index (χ0n) is 12.4. The summed E-state index contributed by atoms with van der Waals surface area (Å²) >= 11 is 0. The lowest BCUT2D eigenvalue weighted by atomic mass is 9.75. The van der Waals surface area contributed by atoms with Gasteiger partial charge in [-0.3, -0.25) is 0 Å². The van der Waals surface area contributed by atoms with E-state index in [1.165, 1.54) is 16.7 Å². The topological polar surface area (TPSA) is 52.0 Å². The predicted molar refractivity (Wildman–Crippen MR) is 85.8 cm³/mol. The lowest BCUT2D eigenvalue weighted by molar-refractivity contribution is 0.425. The predicted octanol–water partition coefficient (Wildman–Crippen LogP) is 3.84. The van der Waals surface area contributed by atoms with Crippen molar-refractivity contribution in [2.75, 3.05) is 11.5 Å². The van der Waals surface area contributed by atoms with E-state index in [0.717, 1.165) is 17.8 Å². The van der Waals surface area contributed by atoms with Crippen molar-refractivity contribution in [2.24, 2.45) is 0 Å². The fraction of sp³-hybridized carbons (Fsp3) is 0.333. The molecule has 0 fully saturated rings. The molecule has 1 atom stereocenters. The maximum Gasteiger partial charge on any atom is 0.0317 e. The van der Waals surface area contributed by atoms with E-state index in [0.29, 0.717) is 0 Å². The van der Waals surface area contributed by atoms with Crippen molar-refractivity contribution in [1.29, 1.82) is 0 Å². The summed E-state index contributed by atoms with van der Waals surface area (Å²) in [4.78, 5) is 0. The molecule has 2 nitrogen and oxygen atoms in total. The Morgan fingerprint density at radius 2 is 1.40 bits per heavy atom. The first-order valence-corrected chi connectivity index (χ1v) is 7.09. The molecule has 0 aromatic heterocycles. The molecule has 0 heterocycles. The van der Waals surface area contributed by atoms with Crippen molar-refractivity contribution in [3.63, 3.8) is 0 Å². The first-order chi connectivity index (χ1) is 9.33. The Morgan fingerprint density at radius 3 is 2.05 bits per heavy atom. The highest BCUT2D eigenvalue weighted by Crippen LogP contribution is 2.53. The van der Waals surface area contributed by atoms with Crippen LogP contribution in [0.15, 0.2) is 42.5 Å². The fourth-order valence-electron chi connectivity index (χ4n) is 3.79. The van der Waals surface area contributed by atoms with E-state index < -0.39 is 0 Å². The van der Waals surface area contributed by atoms with Crippen molar-refractivity contribution < 1.29 is 0 Å². The third-order valence-corrected chi connectivity index (χ3v) is 4.71. The molecular weight excluding hydrogens is 244 g/mol. The van der Waals surface area contributed by atoms with Crippen LogP contribution in [0, 0.1) is 0 Å². The minimum Gasteiger partial charge on any atom is -0.399 e. The zero-order chi connectivity index (χ0) is 14.5. The number of anilines is 2. The van der Waals surface area contributed by atoms with Gasteiger partial charge in [-0.25, -0.2) is 0 Å². The highest BCUT2D eigenvalue weighted by atomic mass is 14.6. The Balaban J connectivity index is 2.21. The molecular formula is C18H22N2. The largest absolute Gasteiger partial charge is 0.399 e. The van der Waals surface area contributed by atoms with Crippen LogP contribution < -0.4 is 11.5 Å². The SMILES string of the molecule is CC1(C)CC(C)(c2ccc(N)cc2)c2cc(N)ccc21. The first kappa shape index (κ1) is 13.0. The summed E-state index contributed by atoms with van der Waals surface area (Å²) in [6.07, 6.45) is 1.09. The van der Waals surface area contributed by atoms with E-state index in [1.807, 2.05) is 18.2 Å². The Kier molecular flexibility index (Phi) is 2.62. The van der Waals surface area contributed by atoms with Crippen LogP contribution in [-0.2, 0) is 10.8 Å². The van der Waals surface area contributed by atoms with E-state index in [1.54, 1.807) is 0 Å². The van der Waals surface area contributed by atoms with Crippen LogP contribution in [0.3, 0.4) is 0 Å². The van der Waals surface area contributed by atoms with E-state index in [9.17, 15) is 0 Å². The standard InChI is InChI=1S/C18H22N2/c1-17(2)11-18(3,12-4-6-13(19)7-5-12)16-10-14(20)8-9-15(16)17/h4-10H,11,19-20H2,1-3H3. The lowest BCUT2D eigenvalue weighted by Gasteiger charge is -2.28. The quantitative estimate of drug-likeness (QED) is 0.770. The summed E-state index contributed by atoms with van der Waals surface area (Å²) in [5.74, 6) is 0. The third-order valence-electron chi connectivity index (χ3n) is 4.71. The second kappa shape index (κ2) is 4.02. The van der Waals surface area contributed by atoms with Gasteiger partial charge in [-0.2, -0.15) is 0 Å². The van der Waals surface area contributed by atoms with Gasteiger partial charge in [0.15, 0.2) is 0 Å². The van der Waals surface area contributed by atoms with Gasteiger partial charge < -0.3 is 11.5 Å². The van der Waals surface area contributed by atoms with Gasteiger partial charge in [0.2, 0.25) is 0 Å². The highest BCUT2D eigenvalue weighted by molar-refractivity contribution is 5.58. The second-order valence-corrected chi connectivity index (χ2v) is 6.82. The molecule has 2 aromatic carbocycles. The molecule has 2 heteroatoms. The van der Waals surface area contributed by atoms with Gasteiger partial charge in [0.25, 0.3) is 0 Å². The van der Waals surface area contributed by atoms with Crippen LogP contribution >= 0.6 is 0 Å². The average Bonchev–Trinajstić information content (AvgIpc) is 2.58. The maximum absolute atomic E-state index is 6.02. The smallest absolute Gasteiger partial charge is 0.0317 e. The molecule has 3 rings (SSSR count). The molecule has 0 amide bonds. The number of rotatable bonds is 1.